The molecule has 2 unspecified atom stereocenters. The predicted octanol–water partition coefficient (Wildman–Crippen LogP) is 3.99. The Labute approximate surface area is 110 Å². The smallest absolute Gasteiger partial charge is 0.336 e. The Morgan fingerprint density at radius 3 is 2.59 bits per heavy atom. The molecule has 4 heteroatoms. The van der Waals surface area contributed by atoms with E-state index in [0.717, 1.165) is 12.1 Å². The van der Waals surface area contributed by atoms with Gasteiger partial charge in [-0.3, -0.25) is 0 Å². The van der Waals surface area contributed by atoms with E-state index in [9.17, 15) is 4.79 Å². The Morgan fingerprint density at radius 2 is 2.12 bits per heavy atom. The maximum absolute atomic E-state index is 10.9. The summed E-state index contributed by atoms with van der Waals surface area (Å²) in [5.74, 6) is -0.341. The number of carboxylic acid groups (broad SMARTS) is 1. The van der Waals surface area contributed by atoms with Crippen molar-refractivity contribution in [1.29, 1.82) is 0 Å². The predicted molar refractivity (Wildman–Crippen MR) is 73.6 cm³/mol. The molecule has 3 nitrogen and oxygen atoms in total. The molecule has 17 heavy (non-hydrogen) atoms. The molecule has 2 atom stereocenters. The number of rotatable bonds is 5. The van der Waals surface area contributed by atoms with E-state index in [1.165, 1.54) is 0 Å². The van der Waals surface area contributed by atoms with Crippen molar-refractivity contribution in [3.63, 3.8) is 0 Å². The summed E-state index contributed by atoms with van der Waals surface area (Å²) < 4.78 is 0.603. The fraction of sp³-hybridized carbons (Fsp3) is 0.462. The summed E-state index contributed by atoms with van der Waals surface area (Å²) >= 11 is 3.27. The highest BCUT2D eigenvalue weighted by Gasteiger charge is 2.12. The van der Waals surface area contributed by atoms with Crippen LogP contribution in [-0.4, -0.2) is 17.1 Å². The minimum Gasteiger partial charge on any atom is -0.478 e. The van der Waals surface area contributed by atoms with Crippen LogP contribution in [0.1, 0.15) is 37.6 Å². The van der Waals surface area contributed by atoms with Gasteiger partial charge in [0, 0.05) is 16.2 Å². The van der Waals surface area contributed by atoms with E-state index in [0.29, 0.717) is 16.4 Å². The molecule has 94 valence electrons. The van der Waals surface area contributed by atoms with E-state index in [4.69, 9.17) is 5.11 Å². The second kappa shape index (κ2) is 6.05. The molecule has 1 aromatic carbocycles. The molecular weight excluding hydrogens is 282 g/mol. The van der Waals surface area contributed by atoms with Gasteiger partial charge in [0.2, 0.25) is 0 Å². The van der Waals surface area contributed by atoms with E-state index in [1.807, 2.05) is 6.07 Å². The van der Waals surface area contributed by atoms with Crippen molar-refractivity contribution in [1.82, 2.24) is 0 Å². The highest BCUT2D eigenvalue weighted by atomic mass is 79.9. The van der Waals surface area contributed by atoms with Crippen LogP contribution in [0.5, 0.6) is 0 Å². The van der Waals surface area contributed by atoms with Crippen LogP contribution in [0.3, 0.4) is 0 Å². The van der Waals surface area contributed by atoms with Crippen molar-refractivity contribution < 1.29 is 9.90 Å². The first kappa shape index (κ1) is 14.0. The lowest BCUT2D eigenvalue weighted by atomic mass is 10.0. The zero-order chi connectivity index (χ0) is 13.0. The van der Waals surface area contributed by atoms with Crippen LogP contribution < -0.4 is 5.32 Å². The maximum atomic E-state index is 10.9. The Morgan fingerprint density at radius 1 is 1.47 bits per heavy atom. The lowest BCUT2D eigenvalue weighted by Gasteiger charge is -2.21. The number of hydrogen-bond acceptors (Lipinski definition) is 2. The van der Waals surface area contributed by atoms with Gasteiger partial charge in [-0.25, -0.2) is 4.79 Å². The molecule has 0 heterocycles. The molecule has 2 N–H and O–H groups in total. The average molecular weight is 300 g/mol. The van der Waals surface area contributed by atoms with Gasteiger partial charge >= 0.3 is 5.97 Å². The van der Waals surface area contributed by atoms with Crippen molar-refractivity contribution in [3.8, 4) is 0 Å². The summed E-state index contributed by atoms with van der Waals surface area (Å²) in [4.78, 5) is 10.9. The molecule has 0 saturated heterocycles. The van der Waals surface area contributed by atoms with Crippen LogP contribution in [0, 0.1) is 5.92 Å². The fourth-order valence-corrected chi connectivity index (χ4v) is 2.09. The number of carboxylic acids is 1. The molecule has 1 aromatic rings. The summed E-state index contributed by atoms with van der Waals surface area (Å²) in [5.41, 5.74) is 1.22. The number of aromatic carboxylic acids is 1. The summed E-state index contributed by atoms with van der Waals surface area (Å²) in [5, 5.41) is 12.3. The summed E-state index contributed by atoms with van der Waals surface area (Å²) in [6.45, 7) is 6.48. The number of hydrogen-bond donors (Lipinski definition) is 2. The second-order valence-electron chi connectivity index (χ2n) is 4.32. The van der Waals surface area contributed by atoms with Gasteiger partial charge in [0.05, 0.1) is 5.56 Å². The van der Waals surface area contributed by atoms with Gasteiger partial charge in [0.1, 0.15) is 0 Å². The van der Waals surface area contributed by atoms with Crippen molar-refractivity contribution in [2.24, 2.45) is 5.92 Å². The van der Waals surface area contributed by atoms with Crippen LogP contribution >= 0.6 is 15.9 Å². The molecule has 0 bridgehead atoms. The minimum atomic E-state index is -0.918. The van der Waals surface area contributed by atoms with Gasteiger partial charge in [-0.05, 0) is 47.0 Å². The van der Waals surface area contributed by atoms with Crippen molar-refractivity contribution in [3.05, 3.63) is 28.2 Å². The topological polar surface area (TPSA) is 49.3 Å². The average Bonchev–Trinajstić information content (AvgIpc) is 2.27. The van der Waals surface area contributed by atoms with E-state index >= 15 is 0 Å². The van der Waals surface area contributed by atoms with Crippen molar-refractivity contribution in [2.75, 3.05) is 5.32 Å². The van der Waals surface area contributed by atoms with Gasteiger partial charge in [-0.1, -0.05) is 20.3 Å². The number of benzene rings is 1. The third kappa shape index (κ3) is 3.73. The zero-order valence-corrected chi connectivity index (χ0v) is 11.9. The van der Waals surface area contributed by atoms with Gasteiger partial charge < -0.3 is 10.4 Å². The fourth-order valence-electron chi connectivity index (χ4n) is 1.54. The lowest BCUT2D eigenvalue weighted by molar-refractivity contribution is 0.0696. The van der Waals surface area contributed by atoms with Crippen molar-refractivity contribution in [2.45, 2.75) is 33.2 Å². The molecule has 0 aromatic heterocycles. The third-order valence-corrected chi connectivity index (χ3v) is 3.75. The number of anilines is 1. The number of nitrogens with one attached hydrogen (secondary N) is 1. The quantitative estimate of drug-likeness (QED) is 0.864. The van der Waals surface area contributed by atoms with Gasteiger partial charge in [-0.2, -0.15) is 0 Å². The Balaban J connectivity index is 2.81. The normalized spacial score (nSPS) is 14.1. The van der Waals surface area contributed by atoms with Crippen LogP contribution in [-0.2, 0) is 0 Å². The second-order valence-corrected chi connectivity index (χ2v) is 5.17. The molecule has 0 spiro atoms. The van der Waals surface area contributed by atoms with Crippen LogP contribution in [0.25, 0.3) is 0 Å². The third-order valence-electron chi connectivity index (χ3n) is 3.09. The van der Waals surface area contributed by atoms with Crippen LogP contribution in [0.15, 0.2) is 22.7 Å². The molecule has 0 saturated carbocycles. The number of halogens is 1. The van der Waals surface area contributed by atoms with E-state index in [2.05, 4.69) is 42.0 Å². The summed E-state index contributed by atoms with van der Waals surface area (Å²) in [7, 11) is 0. The molecule has 0 fully saturated rings. The van der Waals surface area contributed by atoms with Crippen molar-refractivity contribution >= 4 is 27.6 Å². The summed E-state index contributed by atoms with van der Waals surface area (Å²) in [6, 6.07) is 5.58. The van der Waals surface area contributed by atoms with Gasteiger partial charge in [-0.15, -0.1) is 0 Å². The maximum Gasteiger partial charge on any atom is 0.336 e. The van der Waals surface area contributed by atoms with E-state index < -0.39 is 5.97 Å². The first-order chi connectivity index (χ1) is 7.95. The van der Waals surface area contributed by atoms with E-state index in [1.54, 1.807) is 12.1 Å². The zero-order valence-electron chi connectivity index (χ0n) is 10.3. The van der Waals surface area contributed by atoms with Gasteiger partial charge in [0.25, 0.3) is 0 Å². The lowest BCUT2D eigenvalue weighted by Crippen LogP contribution is -2.23. The largest absolute Gasteiger partial charge is 0.478 e. The first-order valence-corrected chi connectivity index (χ1v) is 6.54. The SMILES string of the molecule is CCC(C)C(C)Nc1ccc(C(=O)O)c(Br)c1. The highest BCUT2D eigenvalue weighted by Crippen LogP contribution is 2.23. The Bertz CT molecular complexity index is 406. The molecule has 1 rings (SSSR count). The Hall–Kier alpha value is -1.03. The van der Waals surface area contributed by atoms with E-state index in [-0.39, 0.29) is 5.56 Å². The highest BCUT2D eigenvalue weighted by molar-refractivity contribution is 9.10. The van der Waals surface area contributed by atoms with Gasteiger partial charge in [0.15, 0.2) is 0 Å². The molecule has 0 radical (unpaired) electrons. The molecule has 0 aliphatic carbocycles. The molecular formula is C13H18BrNO2. The standard InChI is InChI=1S/C13H18BrNO2/c1-4-8(2)9(3)15-10-5-6-11(13(16)17)12(14)7-10/h5-9,15H,4H2,1-3H3,(H,16,17). The first-order valence-electron chi connectivity index (χ1n) is 5.75. The monoisotopic (exact) mass is 299 g/mol. The van der Waals surface area contributed by atoms with Crippen LogP contribution in [0.4, 0.5) is 5.69 Å². The molecule has 0 amide bonds. The number of carbonyl (C=O) groups is 1. The molecule has 0 aliphatic rings. The minimum absolute atomic E-state index is 0.284. The Kier molecular flexibility index (Phi) is 5.00. The summed E-state index contributed by atoms with van der Waals surface area (Å²) in [6.07, 6.45) is 1.11. The van der Waals surface area contributed by atoms with Crippen LogP contribution in [0.2, 0.25) is 0 Å². The molecule has 0 aliphatic heterocycles.